The van der Waals surface area contributed by atoms with Crippen LogP contribution in [-0.2, 0) is 4.74 Å². The fourth-order valence-electron chi connectivity index (χ4n) is 1.97. The molecule has 18 heavy (non-hydrogen) atoms. The Morgan fingerprint density at radius 2 is 2.17 bits per heavy atom. The molecule has 3 N–H and O–H groups in total. The first-order chi connectivity index (χ1) is 8.56. The molecule has 1 amide bonds. The van der Waals surface area contributed by atoms with E-state index in [0.29, 0.717) is 15.7 Å². The van der Waals surface area contributed by atoms with Gasteiger partial charge in [-0.2, -0.15) is 0 Å². The van der Waals surface area contributed by atoms with Gasteiger partial charge in [0.25, 0.3) is 0 Å². The molecule has 6 heteroatoms. The van der Waals surface area contributed by atoms with Crippen LogP contribution < -0.4 is 11.1 Å². The zero-order valence-electron chi connectivity index (χ0n) is 9.66. The molecule has 1 saturated carbocycles. The van der Waals surface area contributed by atoms with Gasteiger partial charge in [-0.3, -0.25) is 5.32 Å². The van der Waals surface area contributed by atoms with E-state index in [1.807, 2.05) is 0 Å². The largest absolute Gasteiger partial charge is 0.444 e. The van der Waals surface area contributed by atoms with E-state index in [1.165, 1.54) is 0 Å². The van der Waals surface area contributed by atoms with Crippen molar-refractivity contribution in [3.8, 4) is 0 Å². The molecule has 2 unspecified atom stereocenters. The average molecular weight is 289 g/mol. The van der Waals surface area contributed by atoms with Gasteiger partial charge in [-0.05, 0) is 37.5 Å². The molecule has 4 nitrogen and oxygen atoms in total. The summed E-state index contributed by atoms with van der Waals surface area (Å²) in [6.07, 6.45) is 1.90. The van der Waals surface area contributed by atoms with Gasteiger partial charge in [0.15, 0.2) is 0 Å². The van der Waals surface area contributed by atoms with E-state index in [1.54, 1.807) is 18.2 Å². The number of anilines is 1. The number of carbonyl (C=O) groups is 1. The van der Waals surface area contributed by atoms with Crippen molar-refractivity contribution in [3.05, 3.63) is 28.2 Å². The summed E-state index contributed by atoms with van der Waals surface area (Å²) in [6.45, 7) is 0. The number of nitrogens with two attached hydrogens (primary N) is 1. The number of ether oxygens (including phenoxy) is 1. The second kappa shape index (κ2) is 5.78. The van der Waals surface area contributed by atoms with Crippen molar-refractivity contribution in [2.45, 2.75) is 31.4 Å². The zero-order valence-corrected chi connectivity index (χ0v) is 11.2. The monoisotopic (exact) mass is 288 g/mol. The molecular formula is C12H14Cl2N2O2. The molecule has 98 valence electrons. The third-order valence-electron chi connectivity index (χ3n) is 2.93. The summed E-state index contributed by atoms with van der Waals surface area (Å²) in [4.78, 5) is 11.7. The van der Waals surface area contributed by atoms with Gasteiger partial charge in [-0.25, -0.2) is 4.79 Å². The minimum absolute atomic E-state index is 0.0782. The Bertz CT molecular complexity index is 454. The molecule has 1 aliphatic rings. The zero-order chi connectivity index (χ0) is 13.1. The highest BCUT2D eigenvalue weighted by Crippen LogP contribution is 2.26. The van der Waals surface area contributed by atoms with Crippen LogP contribution in [0.15, 0.2) is 18.2 Å². The highest BCUT2D eigenvalue weighted by Gasteiger charge is 2.27. The van der Waals surface area contributed by atoms with E-state index in [-0.39, 0.29) is 12.1 Å². The summed E-state index contributed by atoms with van der Waals surface area (Å²) in [5.41, 5.74) is 6.25. The summed E-state index contributed by atoms with van der Waals surface area (Å²) in [5, 5.41) is 3.47. The molecule has 0 spiro atoms. The highest BCUT2D eigenvalue weighted by molar-refractivity contribution is 6.35. The molecule has 0 aromatic heterocycles. The van der Waals surface area contributed by atoms with Gasteiger partial charge in [-0.1, -0.05) is 23.2 Å². The topological polar surface area (TPSA) is 64.3 Å². The molecule has 0 heterocycles. The van der Waals surface area contributed by atoms with E-state index >= 15 is 0 Å². The Hall–Kier alpha value is -0.970. The lowest BCUT2D eigenvalue weighted by Gasteiger charge is -2.17. The predicted octanol–water partition coefficient (Wildman–Crippen LogP) is 3.42. The number of rotatable bonds is 2. The van der Waals surface area contributed by atoms with Gasteiger partial charge in [0.2, 0.25) is 0 Å². The minimum atomic E-state index is -0.554. The van der Waals surface area contributed by atoms with Gasteiger partial charge < -0.3 is 10.5 Å². The van der Waals surface area contributed by atoms with E-state index in [0.717, 1.165) is 19.3 Å². The van der Waals surface area contributed by atoms with Gasteiger partial charge in [0.05, 0.1) is 10.7 Å². The SMILES string of the molecule is NC1CCCC1OC(=O)Nc1cc(Cl)ccc1Cl. The Morgan fingerprint density at radius 3 is 2.83 bits per heavy atom. The van der Waals surface area contributed by atoms with E-state index in [9.17, 15) is 4.79 Å². The fourth-order valence-corrected chi connectivity index (χ4v) is 2.31. The molecular weight excluding hydrogens is 275 g/mol. The summed E-state index contributed by atoms with van der Waals surface area (Å²) in [7, 11) is 0. The maximum Gasteiger partial charge on any atom is 0.411 e. The maximum atomic E-state index is 11.7. The number of hydrogen-bond donors (Lipinski definition) is 2. The van der Waals surface area contributed by atoms with Crippen LogP contribution in [0.4, 0.5) is 10.5 Å². The van der Waals surface area contributed by atoms with Crippen molar-refractivity contribution in [2.75, 3.05) is 5.32 Å². The van der Waals surface area contributed by atoms with Crippen molar-refractivity contribution < 1.29 is 9.53 Å². The molecule has 1 aromatic carbocycles. The highest BCUT2D eigenvalue weighted by atomic mass is 35.5. The van der Waals surface area contributed by atoms with Crippen LogP contribution in [0.3, 0.4) is 0 Å². The van der Waals surface area contributed by atoms with Crippen LogP contribution in [0.2, 0.25) is 10.0 Å². The van der Waals surface area contributed by atoms with Crippen molar-refractivity contribution >= 4 is 35.0 Å². The number of carbonyl (C=O) groups excluding carboxylic acids is 1. The number of halogens is 2. The predicted molar refractivity (Wildman–Crippen MR) is 72.2 cm³/mol. The normalized spacial score (nSPS) is 22.8. The first-order valence-electron chi connectivity index (χ1n) is 5.74. The van der Waals surface area contributed by atoms with E-state index in [2.05, 4.69) is 5.32 Å². The molecule has 2 rings (SSSR count). The lowest BCUT2D eigenvalue weighted by atomic mass is 10.2. The number of amides is 1. The standard InChI is InChI=1S/C12H14Cl2N2O2/c13-7-4-5-8(14)10(6-7)16-12(17)18-11-3-1-2-9(11)15/h4-6,9,11H,1-3,15H2,(H,16,17). The molecule has 1 fully saturated rings. The molecule has 1 aromatic rings. The van der Waals surface area contributed by atoms with E-state index < -0.39 is 6.09 Å². The summed E-state index contributed by atoms with van der Waals surface area (Å²) < 4.78 is 5.25. The number of benzene rings is 1. The summed E-state index contributed by atoms with van der Waals surface area (Å²) in [6, 6.07) is 4.75. The maximum absolute atomic E-state index is 11.7. The van der Waals surface area contributed by atoms with Gasteiger partial charge in [-0.15, -0.1) is 0 Å². The van der Waals surface area contributed by atoms with Crippen LogP contribution >= 0.6 is 23.2 Å². The fraction of sp³-hybridized carbons (Fsp3) is 0.417. The Kier molecular flexibility index (Phi) is 4.32. The second-order valence-corrected chi connectivity index (χ2v) is 5.13. The first-order valence-corrected chi connectivity index (χ1v) is 6.50. The minimum Gasteiger partial charge on any atom is -0.444 e. The first kappa shape index (κ1) is 13.5. The smallest absolute Gasteiger partial charge is 0.411 e. The molecule has 0 saturated heterocycles. The third-order valence-corrected chi connectivity index (χ3v) is 3.49. The van der Waals surface area contributed by atoms with Crippen molar-refractivity contribution in [1.82, 2.24) is 0 Å². The van der Waals surface area contributed by atoms with Crippen LogP contribution in [0.1, 0.15) is 19.3 Å². The van der Waals surface area contributed by atoms with Crippen molar-refractivity contribution in [3.63, 3.8) is 0 Å². The van der Waals surface area contributed by atoms with Gasteiger partial charge >= 0.3 is 6.09 Å². The lowest BCUT2D eigenvalue weighted by molar-refractivity contribution is 0.105. The third kappa shape index (κ3) is 3.28. The van der Waals surface area contributed by atoms with E-state index in [4.69, 9.17) is 33.7 Å². The van der Waals surface area contributed by atoms with Crippen LogP contribution in [0, 0.1) is 0 Å². The molecule has 0 radical (unpaired) electrons. The average Bonchev–Trinajstić information content (AvgIpc) is 2.70. The van der Waals surface area contributed by atoms with Crippen LogP contribution in [0.5, 0.6) is 0 Å². The number of nitrogens with one attached hydrogen (secondary N) is 1. The van der Waals surface area contributed by atoms with Crippen molar-refractivity contribution in [1.29, 1.82) is 0 Å². The molecule has 2 atom stereocenters. The van der Waals surface area contributed by atoms with Gasteiger partial charge in [0, 0.05) is 11.1 Å². The number of hydrogen-bond acceptors (Lipinski definition) is 3. The Labute approximate surface area is 115 Å². The van der Waals surface area contributed by atoms with Crippen LogP contribution in [0.25, 0.3) is 0 Å². The second-order valence-electron chi connectivity index (χ2n) is 4.29. The Morgan fingerprint density at radius 1 is 1.39 bits per heavy atom. The lowest BCUT2D eigenvalue weighted by Crippen LogP contribution is -2.34. The van der Waals surface area contributed by atoms with Gasteiger partial charge in [0.1, 0.15) is 6.10 Å². The summed E-state index contributed by atoms with van der Waals surface area (Å²) >= 11 is 11.8. The molecule has 0 bridgehead atoms. The van der Waals surface area contributed by atoms with Crippen LogP contribution in [-0.4, -0.2) is 18.2 Å². The molecule has 0 aliphatic heterocycles. The summed E-state index contributed by atoms with van der Waals surface area (Å²) in [5.74, 6) is 0. The van der Waals surface area contributed by atoms with Crippen molar-refractivity contribution in [2.24, 2.45) is 5.73 Å². The quantitative estimate of drug-likeness (QED) is 0.876. The molecule has 1 aliphatic carbocycles. The Balaban J connectivity index is 1.96.